The lowest BCUT2D eigenvalue weighted by molar-refractivity contribution is -0.119. The molecule has 0 aromatic heterocycles. The number of hydrogen-bond donors (Lipinski definition) is 2. The van der Waals surface area contributed by atoms with Crippen LogP contribution in [0.5, 0.6) is 5.75 Å². The van der Waals surface area contributed by atoms with Gasteiger partial charge in [-0.3, -0.25) is 4.79 Å². The van der Waals surface area contributed by atoms with Crippen LogP contribution in [0.15, 0.2) is 18.2 Å². The summed E-state index contributed by atoms with van der Waals surface area (Å²) >= 11 is 0. The number of carbonyl (C=O) groups excluding carboxylic acids is 1. The van der Waals surface area contributed by atoms with E-state index >= 15 is 0 Å². The number of ether oxygens (including phenoxy) is 1. The van der Waals surface area contributed by atoms with E-state index in [0.29, 0.717) is 12.1 Å². The topological polar surface area (TPSA) is 64.4 Å². The zero-order chi connectivity index (χ0) is 12.8. The first-order chi connectivity index (χ1) is 8.12. The summed E-state index contributed by atoms with van der Waals surface area (Å²) in [6.07, 6.45) is 0.654. The van der Waals surface area contributed by atoms with Gasteiger partial charge in [-0.1, -0.05) is 6.92 Å². The fraction of sp³-hybridized carbons (Fsp3) is 0.417. The van der Waals surface area contributed by atoms with Gasteiger partial charge in [0, 0.05) is 18.3 Å². The highest BCUT2D eigenvalue weighted by molar-refractivity contribution is 5.92. The van der Waals surface area contributed by atoms with Crippen LogP contribution < -0.4 is 15.8 Å². The van der Waals surface area contributed by atoms with Gasteiger partial charge < -0.3 is 15.8 Å². The molecule has 1 aromatic carbocycles. The lowest BCUT2D eigenvalue weighted by atomic mass is 10.1. The zero-order valence-electron chi connectivity index (χ0n) is 10.00. The Bertz CT molecular complexity index is 392. The number of benzene rings is 1. The summed E-state index contributed by atoms with van der Waals surface area (Å²) < 4.78 is 18.2. The lowest BCUT2D eigenvalue weighted by Crippen LogP contribution is -2.28. The Kier molecular flexibility index (Phi) is 4.90. The Morgan fingerprint density at radius 2 is 2.29 bits per heavy atom. The van der Waals surface area contributed by atoms with Gasteiger partial charge >= 0.3 is 0 Å². The van der Waals surface area contributed by atoms with Gasteiger partial charge in [0.25, 0.3) is 0 Å². The molecule has 1 aromatic rings. The van der Waals surface area contributed by atoms with Crippen molar-refractivity contribution in [1.82, 2.24) is 0 Å². The number of nitrogens with one attached hydrogen (secondary N) is 1. The van der Waals surface area contributed by atoms with Gasteiger partial charge in [0.05, 0.1) is 13.0 Å². The van der Waals surface area contributed by atoms with Crippen molar-refractivity contribution in [2.75, 3.05) is 19.0 Å². The first-order valence-corrected chi connectivity index (χ1v) is 5.46. The molecule has 4 nitrogen and oxygen atoms in total. The molecule has 1 atom stereocenters. The first-order valence-electron chi connectivity index (χ1n) is 5.46. The van der Waals surface area contributed by atoms with Crippen molar-refractivity contribution in [3.63, 3.8) is 0 Å². The standard InChI is InChI=1S/C12H17FN2O2/c1-3-8(7-14)12(16)15-9-4-5-11(17-2)10(13)6-9/h4-6,8H,3,7,14H2,1-2H3,(H,15,16). The molecule has 0 heterocycles. The summed E-state index contributed by atoms with van der Waals surface area (Å²) in [7, 11) is 1.39. The van der Waals surface area contributed by atoms with Gasteiger partial charge in [-0.05, 0) is 18.6 Å². The summed E-state index contributed by atoms with van der Waals surface area (Å²) in [5.41, 5.74) is 5.86. The molecule has 0 aliphatic carbocycles. The summed E-state index contributed by atoms with van der Waals surface area (Å²) in [5, 5.41) is 2.62. The monoisotopic (exact) mass is 240 g/mol. The van der Waals surface area contributed by atoms with E-state index in [1.54, 1.807) is 6.07 Å². The van der Waals surface area contributed by atoms with E-state index in [4.69, 9.17) is 10.5 Å². The molecule has 0 aliphatic heterocycles. The number of methoxy groups -OCH3 is 1. The van der Waals surface area contributed by atoms with E-state index in [-0.39, 0.29) is 24.1 Å². The van der Waals surface area contributed by atoms with E-state index in [9.17, 15) is 9.18 Å². The maximum atomic E-state index is 13.4. The van der Waals surface area contributed by atoms with Crippen LogP contribution in [-0.2, 0) is 4.79 Å². The van der Waals surface area contributed by atoms with Crippen molar-refractivity contribution in [3.05, 3.63) is 24.0 Å². The minimum absolute atomic E-state index is 0.147. The Labute approximate surface area is 100.0 Å². The van der Waals surface area contributed by atoms with Crippen LogP contribution in [0.25, 0.3) is 0 Å². The van der Waals surface area contributed by atoms with E-state index in [2.05, 4.69) is 5.32 Å². The van der Waals surface area contributed by atoms with E-state index < -0.39 is 5.82 Å². The lowest BCUT2D eigenvalue weighted by Gasteiger charge is -2.13. The van der Waals surface area contributed by atoms with Crippen LogP contribution in [0.2, 0.25) is 0 Å². The highest BCUT2D eigenvalue weighted by Crippen LogP contribution is 2.21. The minimum Gasteiger partial charge on any atom is -0.494 e. The van der Waals surface area contributed by atoms with Gasteiger partial charge in [-0.15, -0.1) is 0 Å². The average Bonchev–Trinajstić information content (AvgIpc) is 2.31. The smallest absolute Gasteiger partial charge is 0.228 e. The highest BCUT2D eigenvalue weighted by Gasteiger charge is 2.15. The number of carbonyl (C=O) groups is 1. The molecule has 1 amide bonds. The average molecular weight is 240 g/mol. The number of halogens is 1. The molecule has 94 valence electrons. The van der Waals surface area contributed by atoms with Gasteiger partial charge in [0.15, 0.2) is 11.6 Å². The second-order valence-electron chi connectivity index (χ2n) is 3.68. The fourth-order valence-electron chi connectivity index (χ4n) is 1.45. The third-order valence-electron chi connectivity index (χ3n) is 2.57. The largest absolute Gasteiger partial charge is 0.494 e. The number of nitrogens with two attached hydrogens (primary N) is 1. The van der Waals surface area contributed by atoms with E-state index in [1.165, 1.54) is 19.2 Å². The van der Waals surface area contributed by atoms with Crippen LogP contribution in [-0.4, -0.2) is 19.6 Å². The second-order valence-corrected chi connectivity index (χ2v) is 3.68. The molecule has 5 heteroatoms. The Morgan fingerprint density at radius 3 is 2.76 bits per heavy atom. The van der Waals surface area contributed by atoms with Gasteiger partial charge in [0.2, 0.25) is 5.91 Å². The third-order valence-corrected chi connectivity index (χ3v) is 2.57. The Balaban J connectivity index is 2.75. The first kappa shape index (κ1) is 13.4. The number of rotatable bonds is 5. The Hall–Kier alpha value is -1.62. The molecule has 0 saturated heterocycles. The normalized spacial score (nSPS) is 12.0. The van der Waals surface area contributed by atoms with Crippen molar-refractivity contribution in [1.29, 1.82) is 0 Å². The van der Waals surface area contributed by atoms with Gasteiger partial charge in [-0.2, -0.15) is 0 Å². The molecule has 1 unspecified atom stereocenters. The molecule has 0 saturated carbocycles. The maximum absolute atomic E-state index is 13.4. The van der Waals surface area contributed by atoms with Crippen molar-refractivity contribution < 1.29 is 13.9 Å². The van der Waals surface area contributed by atoms with Crippen molar-refractivity contribution in [2.45, 2.75) is 13.3 Å². The predicted octanol–water partition coefficient (Wildman–Crippen LogP) is 1.76. The van der Waals surface area contributed by atoms with Crippen molar-refractivity contribution in [3.8, 4) is 5.75 Å². The summed E-state index contributed by atoms with van der Waals surface area (Å²) in [4.78, 5) is 11.7. The second kappa shape index (κ2) is 6.20. The van der Waals surface area contributed by atoms with Gasteiger partial charge in [0.1, 0.15) is 0 Å². The molecule has 0 aliphatic rings. The third kappa shape index (κ3) is 3.42. The van der Waals surface area contributed by atoms with Crippen molar-refractivity contribution in [2.24, 2.45) is 11.7 Å². The molecule has 1 rings (SSSR count). The molecule has 0 radical (unpaired) electrons. The number of hydrogen-bond acceptors (Lipinski definition) is 3. The molecule has 3 N–H and O–H groups in total. The predicted molar refractivity (Wildman–Crippen MR) is 64.4 cm³/mol. The summed E-state index contributed by atoms with van der Waals surface area (Å²) in [5.74, 6) is -0.806. The molecule has 17 heavy (non-hydrogen) atoms. The van der Waals surface area contributed by atoms with Crippen LogP contribution in [0.4, 0.5) is 10.1 Å². The molecule has 0 bridgehead atoms. The van der Waals surface area contributed by atoms with Crippen LogP contribution in [0, 0.1) is 11.7 Å². The highest BCUT2D eigenvalue weighted by atomic mass is 19.1. The van der Waals surface area contributed by atoms with Crippen molar-refractivity contribution >= 4 is 11.6 Å². The van der Waals surface area contributed by atoms with E-state index in [1.807, 2.05) is 6.92 Å². The zero-order valence-corrected chi connectivity index (χ0v) is 10.00. The van der Waals surface area contributed by atoms with Crippen LogP contribution in [0.3, 0.4) is 0 Å². The molecular weight excluding hydrogens is 223 g/mol. The van der Waals surface area contributed by atoms with Gasteiger partial charge in [-0.25, -0.2) is 4.39 Å². The quantitative estimate of drug-likeness (QED) is 0.824. The fourth-order valence-corrected chi connectivity index (χ4v) is 1.45. The van der Waals surface area contributed by atoms with E-state index in [0.717, 1.165) is 0 Å². The number of amides is 1. The number of anilines is 1. The molecule has 0 spiro atoms. The molecule has 0 fully saturated rings. The van der Waals surface area contributed by atoms with Crippen LogP contribution >= 0.6 is 0 Å². The van der Waals surface area contributed by atoms with Crippen LogP contribution in [0.1, 0.15) is 13.3 Å². The summed E-state index contributed by atoms with van der Waals surface area (Å²) in [6.45, 7) is 2.16. The summed E-state index contributed by atoms with van der Waals surface area (Å²) in [6, 6.07) is 4.28. The Morgan fingerprint density at radius 1 is 1.59 bits per heavy atom. The maximum Gasteiger partial charge on any atom is 0.228 e. The minimum atomic E-state index is -0.508. The SMILES string of the molecule is CCC(CN)C(=O)Nc1ccc(OC)c(F)c1. The molecular formula is C12H17FN2O2.